The Bertz CT molecular complexity index is 1220. The Morgan fingerprint density at radius 1 is 0.396 bits per heavy atom. The van der Waals surface area contributed by atoms with Crippen LogP contribution in [-0.2, 0) is 16.5 Å². The Balaban J connectivity index is 0.000000539. The van der Waals surface area contributed by atoms with Crippen molar-refractivity contribution < 1.29 is 36.3 Å². The zero-order valence-corrected chi connectivity index (χ0v) is 26.0. The van der Waals surface area contributed by atoms with Gasteiger partial charge in [0.2, 0.25) is 0 Å². The number of benzene rings is 1. The van der Waals surface area contributed by atoms with Gasteiger partial charge in [-0.25, -0.2) is 34.9 Å². The molecule has 1 aromatic carbocycles. The van der Waals surface area contributed by atoms with Crippen LogP contribution < -0.4 is 10.2 Å². The van der Waals surface area contributed by atoms with Gasteiger partial charge in [0.25, 0.3) is 0 Å². The number of carbonyl (C=O) groups excluding carboxylic acids is 2. The Morgan fingerprint density at radius 3 is 0.667 bits per heavy atom. The van der Waals surface area contributed by atoms with Crippen LogP contribution in [0.5, 0.6) is 0 Å². The fraction of sp³-hybridized carbons (Fsp3) is 0. The number of carbonyl (C=O) groups is 2. The number of imidazole rings is 7. The van der Waals surface area contributed by atoms with E-state index in [0.29, 0.717) is 0 Å². The summed E-state index contributed by atoms with van der Waals surface area (Å²) in [6.45, 7) is 0. The summed E-state index contributed by atoms with van der Waals surface area (Å²) in [5.41, 5.74) is -0.727. The second-order valence-corrected chi connectivity index (χ2v) is 7.44. The molecular weight excluding hydrogens is 667 g/mol. The van der Waals surface area contributed by atoms with E-state index in [1.165, 1.54) is 12.1 Å². The number of hydrogen-bond acceptors (Lipinski definition) is 11. The summed E-state index contributed by atoms with van der Waals surface area (Å²) in [4.78, 5) is 65.6. The van der Waals surface area contributed by atoms with Gasteiger partial charge in [0.1, 0.15) is 0 Å². The molecule has 0 saturated heterocycles. The molecule has 252 valence electrons. The summed E-state index contributed by atoms with van der Waals surface area (Å²) in [7, 11) is 0. The van der Waals surface area contributed by atoms with E-state index in [9.17, 15) is 19.8 Å². The third-order valence-corrected chi connectivity index (χ3v) is 4.21. The van der Waals surface area contributed by atoms with Gasteiger partial charge < -0.3 is 54.7 Å². The van der Waals surface area contributed by atoms with E-state index < -0.39 is 11.9 Å². The van der Waals surface area contributed by atoms with Crippen LogP contribution in [0.3, 0.4) is 0 Å². The molecule has 0 aliphatic heterocycles. The first-order valence-electron chi connectivity index (χ1n) is 13.1. The third-order valence-electron chi connectivity index (χ3n) is 4.21. The molecule has 0 amide bonds. The van der Waals surface area contributed by atoms with Crippen molar-refractivity contribution in [3.63, 3.8) is 0 Å². The van der Waals surface area contributed by atoms with Gasteiger partial charge >= 0.3 is 16.5 Å². The van der Waals surface area contributed by atoms with Crippen LogP contribution in [0.15, 0.2) is 155 Å². The molecule has 0 radical (unpaired) electrons. The number of carboxylic acids is 2. The van der Waals surface area contributed by atoms with Crippen LogP contribution in [0.1, 0.15) is 20.7 Å². The van der Waals surface area contributed by atoms with Crippen LogP contribution in [0.25, 0.3) is 0 Å². The zero-order valence-electron chi connectivity index (χ0n) is 25.0. The van der Waals surface area contributed by atoms with Crippen LogP contribution >= 0.6 is 0 Å². The summed E-state index contributed by atoms with van der Waals surface area (Å²) >= 11 is 0. The first kappa shape index (κ1) is 41.1. The molecular formula is C29H32N14NiO4. The van der Waals surface area contributed by atoms with E-state index in [2.05, 4.69) is 69.8 Å². The first-order valence-corrected chi connectivity index (χ1v) is 13.1. The van der Waals surface area contributed by atoms with E-state index in [1.54, 1.807) is 131 Å². The molecule has 0 fully saturated rings. The van der Waals surface area contributed by atoms with Gasteiger partial charge in [-0.3, -0.25) is 0 Å². The SMILES string of the molecule is O=C([O-])c1ccccc1C(=O)[O-].[Ni+2].c1c[nH]cn1.c1c[nH]cn1.c1c[nH]cn1.c1c[nH]cn1.c1c[nH]cn1.c1c[nH]cn1.c1c[nH]cn1. The minimum Gasteiger partial charge on any atom is -0.545 e. The second-order valence-electron chi connectivity index (χ2n) is 7.44. The molecule has 0 unspecified atom stereocenters. The Kier molecular flexibility index (Phi) is 27.0. The summed E-state index contributed by atoms with van der Waals surface area (Å²) in [6.07, 6.45) is 35.6. The minimum absolute atomic E-state index is 0. The fourth-order valence-electron chi connectivity index (χ4n) is 2.35. The molecule has 0 spiro atoms. The van der Waals surface area contributed by atoms with Gasteiger partial charge in [0.15, 0.2) is 0 Å². The normalized spacial score (nSPS) is 8.17. The average molecular weight is 699 g/mol. The summed E-state index contributed by atoms with van der Waals surface area (Å²) in [6, 6.07) is 5.14. The molecule has 0 saturated carbocycles. The molecule has 8 rings (SSSR count). The van der Waals surface area contributed by atoms with Crippen molar-refractivity contribution in [3.05, 3.63) is 166 Å². The maximum Gasteiger partial charge on any atom is 2.00 e. The summed E-state index contributed by atoms with van der Waals surface area (Å²) in [5, 5.41) is 20.6. The Hall–Kier alpha value is -6.88. The van der Waals surface area contributed by atoms with E-state index in [4.69, 9.17) is 0 Å². The topological polar surface area (TPSA) is 281 Å². The average Bonchev–Trinajstić information content (AvgIpc) is 3.99. The van der Waals surface area contributed by atoms with Gasteiger partial charge in [0.05, 0.1) is 56.2 Å². The number of carboxylic acid groups (broad SMARTS) is 2. The van der Waals surface area contributed by atoms with E-state index in [0.717, 1.165) is 12.1 Å². The van der Waals surface area contributed by atoms with Crippen molar-refractivity contribution in [2.45, 2.75) is 0 Å². The number of rotatable bonds is 2. The van der Waals surface area contributed by atoms with Crippen LogP contribution in [-0.4, -0.2) is 81.7 Å². The van der Waals surface area contributed by atoms with Crippen molar-refractivity contribution in [3.8, 4) is 0 Å². The minimum atomic E-state index is -1.52. The number of aromatic amines is 7. The monoisotopic (exact) mass is 698 g/mol. The Morgan fingerprint density at radius 2 is 0.583 bits per heavy atom. The van der Waals surface area contributed by atoms with Crippen molar-refractivity contribution in [1.82, 2.24) is 69.8 Å². The molecule has 18 nitrogen and oxygen atoms in total. The molecule has 7 N–H and O–H groups in total. The number of hydrogen-bond donors (Lipinski definition) is 7. The van der Waals surface area contributed by atoms with Crippen molar-refractivity contribution >= 4 is 11.9 Å². The Labute approximate surface area is 284 Å². The summed E-state index contributed by atoms with van der Waals surface area (Å²) < 4.78 is 0. The predicted octanol–water partition coefficient (Wildman–Crippen LogP) is 1.28. The molecule has 19 heteroatoms. The molecule has 0 atom stereocenters. The van der Waals surface area contributed by atoms with Crippen LogP contribution in [0.4, 0.5) is 0 Å². The first-order chi connectivity index (χ1) is 23.1. The maximum absolute atomic E-state index is 10.3. The maximum atomic E-state index is 10.3. The number of aromatic nitrogens is 14. The van der Waals surface area contributed by atoms with E-state index in [1.807, 2.05) is 0 Å². The molecule has 7 aromatic heterocycles. The van der Waals surface area contributed by atoms with Crippen LogP contribution in [0, 0.1) is 0 Å². The zero-order chi connectivity index (χ0) is 33.9. The van der Waals surface area contributed by atoms with Gasteiger partial charge in [0, 0.05) is 97.9 Å². The quantitative estimate of drug-likeness (QED) is 0.126. The standard InChI is InChI=1S/C8H6O4.7C3H4N2.Ni/c9-7(10)5-3-1-2-4-6(5)8(11)12;7*1-2-5-3-4-1;/h1-4H,(H,9,10)(H,11,12);7*1-3H,(H,4,5);/q;;;;;;;;+2/p-2. The number of nitrogens with one attached hydrogen (secondary N) is 7. The van der Waals surface area contributed by atoms with Crippen LogP contribution in [0.2, 0.25) is 0 Å². The third kappa shape index (κ3) is 25.6. The van der Waals surface area contributed by atoms with Crippen molar-refractivity contribution in [2.75, 3.05) is 0 Å². The predicted molar refractivity (Wildman–Crippen MR) is 165 cm³/mol. The number of nitrogens with zero attached hydrogens (tertiary/aromatic N) is 7. The second kappa shape index (κ2) is 31.5. The fourth-order valence-corrected chi connectivity index (χ4v) is 2.35. The van der Waals surface area contributed by atoms with E-state index in [-0.39, 0.29) is 27.6 Å². The smallest absolute Gasteiger partial charge is 0.545 e. The van der Waals surface area contributed by atoms with Gasteiger partial charge in [-0.05, 0) is 0 Å². The van der Waals surface area contributed by atoms with Crippen molar-refractivity contribution in [1.29, 1.82) is 0 Å². The van der Waals surface area contributed by atoms with Crippen molar-refractivity contribution in [2.24, 2.45) is 0 Å². The number of H-pyrrole nitrogens is 7. The molecule has 0 aliphatic rings. The van der Waals surface area contributed by atoms with Gasteiger partial charge in [-0.2, -0.15) is 0 Å². The van der Waals surface area contributed by atoms with Gasteiger partial charge in [-0.15, -0.1) is 0 Å². The molecule has 48 heavy (non-hydrogen) atoms. The number of aromatic carboxylic acids is 2. The van der Waals surface area contributed by atoms with E-state index >= 15 is 0 Å². The summed E-state index contributed by atoms with van der Waals surface area (Å²) in [5.74, 6) is -3.04. The molecule has 0 bridgehead atoms. The largest absolute Gasteiger partial charge is 2.00 e. The van der Waals surface area contributed by atoms with Gasteiger partial charge in [-0.1, -0.05) is 24.3 Å². The molecule has 0 aliphatic carbocycles. The molecule has 8 aromatic rings. The molecule has 7 heterocycles.